The summed E-state index contributed by atoms with van der Waals surface area (Å²) in [7, 11) is 0. The Bertz CT molecular complexity index is 397. The van der Waals surface area contributed by atoms with Crippen molar-refractivity contribution in [3.05, 3.63) is 29.8 Å². The normalized spacial score (nSPS) is 19.1. The third-order valence-electron chi connectivity index (χ3n) is 3.57. The van der Waals surface area contributed by atoms with E-state index in [1.54, 1.807) is 24.3 Å². The van der Waals surface area contributed by atoms with E-state index in [0.717, 1.165) is 31.6 Å². The van der Waals surface area contributed by atoms with Gasteiger partial charge in [-0.15, -0.1) is 0 Å². The van der Waals surface area contributed by atoms with Gasteiger partial charge in [0.05, 0.1) is 6.42 Å². The van der Waals surface area contributed by atoms with Crippen molar-refractivity contribution in [3.63, 3.8) is 0 Å². The molecule has 4 nitrogen and oxygen atoms in total. The summed E-state index contributed by atoms with van der Waals surface area (Å²) in [6.07, 6.45) is 3.93. The van der Waals surface area contributed by atoms with E-state index in [4.69, 9.17) is 5.11 Å². The van der Waals surface area contributed by atoms with Crippen molar-refractivity contribution < 1.29 is 9.90 Å². The molecule has 19 heavy (non-hydrogen) atoms. The minimum absolute atomic E-state index is 0.0504. The highest BCUT2D eigenvalue weighted by Crippen LogP contribution is 2.13. The number of carbonyl (C=O) groups is 1. The maximum absolute atomic E-state index is 11.7. The second-order valence-corrected chi connectivity index (χ2v) is 5.19. The van der Waals surface area contributed by atoms with Crippen LogP contribution in [-0.2, 0) is 11.2 Å². The minimum Gasteiger partial charge on any atom is -0.508 e. The first-order valence-electron chi connectivity index (χ1n) is 6.99. The van der Waals surface area contributed by atoms with Gasteiger partial charge in [0.25, 0.3) is 0 Å². The number of aromatic hydroxyl groups is 1. The first kappa shape index (κ1) is 13.9. The average molecular weight is 262 g/mol. The third kappa shape index (κ3) is 4.91. The molecular formula is C15H22N2O2. The summed E-state index contributed by atoms with van der Waals surface area (Å²) in [5.41, 5.74) is 0.926. The molecule has 1 unspecified atom stereocenters. The van der Waals surface area contributed by atoms with E-state index in [9.17, 15) is 4.79 Å². The maximum atomic E-state index is 11.7. The summed E-state index contributed by atoms with van der Waals surface area (Å²) in [6.45, 7) is 2.96. The molecule has 1 amide bonds. The van der Waals surface area contributed by atoms with E-state index < -0.39 is 0 Å². The van der Waals surface area contributed by atoms with Gasteiger partial charge in [-0.25, -0.2) is 0 Å². The highest BCUT2D eigenvalue weighted by molar-refractivity contribution is 5.78. The Morgan fingerprint density at radius 1 is 1.37 bits per heavy atom. The third-order valence-corrected chi connectivity index (χ3v) is 3.57. The molecule has 0 spiro atoms. The molecule has 1 aliphatic rings. The summed E-state index contributed by atoms with van der Waals surface area (Å²) in [6, 6.07) is 6.77. The van der Waals surface area contributed by atoms with Crippen LogP contribution in [0.25, 0.3) is 0 Å². The zero-order chi connectivity index (χ0) is 13.5. The molecule has 1 atom stereocenters. The predicted octanol–water partition coefficient (Wildman–Crippen LogP) is 1.44. The van der Waals surface area contributed by atoms with Crippen molar-refractivity contribution in [3.8, 4) is 5.75 Å². The van der Waals surface area contributed by atoms with E-state index in [-0.39, 0.29) is 11.7 Å². The number of rotatable bonds is 5. The van der Waals surface area contributed by atoms with E-state index in [1.165, 1.54) is 12.8 Å². The van der Waals surface area contributed by atoms with Gasteiger partial charge in [0.15, 0.2) is 0 Å². The quantitative estimate of drug-likeness (QED) is 0.752. The second kappa shape index (κ2) is 7.14. The fraction of sp³-hybridized carbons (Fsp3) is 0.533. The summed E-state index contributed by atoms with van der Waals surface area (Å²) in [5, 5.41) is 15.5. The van der Waals surface area contributed by atoms with Crippen LogP contribution in [0.1, 0.15) is 24.8 Å². The number of hydrogen-bond donors (Lipinski definition) is 3. The number of benzene rings is 1. The lowest BCUT2D eigenvalue weighted by atomic mass is 9.96. The molecule has 1 aromatic rings. The molecule has 1 fully saturated rings. The molecule has 3 N–H and O–H groups in total. The maximum Gasteiger partial charge on any atom is 0.224 e. The highest BCUT2D eigenvalue weighted by atomic mass is 16.3. The van der Waals surface area contributed by atoms with Gasteiger partial charge in [0.2, 0.25) is 5.91 Å². The van der Waals surface area contributed by atoms with Crippen molar-refractivity contribution in [1.82, 2.24) is 10.6 Å². The van der Waals surface area contributed by atoms with Crippen molar-refractivity contribution in [2.45, 2.75) is 25.7 Å². The number of piperidine rings is 1. The van der Waals surface area contributed by atoms with Crippen LogP contribution < -0.4 is 10.6 Å². The van der Waals surface area contributed by atoms with Gasteiger partial charge in [0, 0.05) is 6.54 Å². The number of carbonyl (C=O) groups excluding carboxylic acids is 1. The Morgan fingerprint density at radius 2 is 2.16 bits per heavy atom. The Hall–Kier alpha value is -1.55. The number of amides is 1. The Balaban J connectivity index is 1.65. The molecule has 4 heteroatoms. The lowest BCUT2D eigenvalue weighted by Gasteiger charge is -2.22. The first-order valence-corrected chi connectivity index (χ1v) is 6.99. The van der Waals surface area contributed by atoms with Crippen LogP contribution in [0.4, 0.5) is 0 Å². The smallest absolute Gasteiger partial charge is 0.224 e. The summed E-state index contributed by atoms with van der Waals surface area (Å²) in [4.78, 5) is 11.7. The molecule has 1 aliphatic heterocycles. The minimum atomic E-state index is 0.0504. The zero-order valence-corrected chi connectivity index (χ0v) is 11.2. The number of phenolic OH excluding ortho intramolecular Hbond substituents is 1. The molecule has 1 heterocycles. The topological polar surface area (TPSA) is 61.4 Å². The molecule has 0 saturated carbocycles. The van der Waals surface area contributed by atoms with Gasteiger partial charge < -0.3 is 15.7 Å². The average Bonchev–Trinajstić information content (AvgIpc) is 2.43. The van der Waals surface area contributed by atoms with Crippen molar-refractivity contribution >= 4 is 5.91 Å². The van der Waals surface area contributed by atoms with Crippen LogP contribution in [0.3, 0.4) is 0 Å². The van der Waals surface area contributed by atoms with Crippen LogP contribution in [0.5, 0.6) is 5.75 Å². The lowest BCUT2D eigenvalue weighted by molar-refractivity contribution is -0.120. The fourth-order valence-corrected chi connectivity index (χ4v) is 2.45. The molecule has 1 aromatic carbocycles. The molecule has 2 rings (SSSR count). The molecule has 104 valence electrons. The van der Waals surface area contributed by atoms with E-state index >= 15 is 0 Å². The summed E-state index contributed by atoms with van der Waals surface area (Å²) < 4.78 is 0. The lowest BCUT2D eigenvalue weighted by Crippen LogP contribution is -2.33. The highest BCUT2D eigenvalue weighted by Gasteiger charge is 2.12. The van der Waals surface area contributed by atoms with Gasteiger partial charge in [-0.2, -0.15) is 0 Å². The van der Waals surface area contributed by atoms with E-state index in [2.05, 4.69) is 10.6 Å². The van der Waals surface area contributed by atoms with Crippen LogP contribution in [0.2, 0.25) is 0 Å². The Labute approximate surface area is 114 Å². The molecule has 0 radical (unpaired) electrons. The van der Waals surface area contributed by atoms with E-state index in [1.807, 2.05) is 0 Å². The molecule has 1 saturated heterocycles. The largest absolute Gasteiger partial charge is 0.508 e. The number of nitrogens with one attached hydrogen (secondary N) is 2. The van der Waals surface area contributed by atoms with Gasteiger partial charge in [-0.05, 0) is 56.0 Å². The standard InChI is InChI=1S/C15H22N2O2/c18-14-5-3-12(4-6-14)10-15(19)17-9-7-13-2-1-8-16-11-13/h3-6,13,16,18H,1-2,7-11H2,(H,17,19). The number of hydrogen-bond acceptors (Lipinski definition) is 3. The van der Waals surface area contributed by atoms with E-state index in [0.29, 0.717) is 12.3 Å². The first-order chi connectivity index (χ1) is 9.24. The van der Waals surface area contributed by atoms with Crippen LogP contribution >= 0.6 is 0 Å². The zero-order valence-electron chi connectivity index (χ0n) is 11.2. The van der Waals surface area contributed by atoms with Crippen LogP contribution in [0, 0.1) is 5.92 Å². The molecule has 0 aliphatic carbocycles. The van der Waals surface area contributed by atoms with Crippen molar-refractivity contribution in [2.75, 3.05) is 19.6 Å². The SMILES string of the molecule is O=C(Cc1ccc(O)cc1)NCCC1CCCNC1. The van der Waals surface area contributed by atoms with Gasteiger partial charge in [-0.3, -0.25) is 4.79 Å². The van der Waals surface area contributed by atoms with Gasteiger partial charge in [-0.1, -0.05) is 12.1 Å². The summed E-state index contributed by atoms with van der Waals surface area (Å²) >= 11 is 0. The Morgan fingerprint density at radius 3 is 2.84 bits per heavy atom. The van der Waals surface area contributed by atoms with Crippen LogP contribution in [0.15, 0.2) is 24.3 Å². The van der Waals surface area contributed by atoms with Crippen molar-refractivity contribution in [2.24, 2.45) is 5.92 Å². The molecular weight excluding hydrogens is 240 g/mol. The van der Waals surface area contributed by atoms with Crippen molar-refractivity contribution in [1.29, 1.82) is 0 Å². The van der Waals surface area contributed by atoms with Gasteiger partial charge >= 0.3 is 0 Å². The molecule has 0 bridgehead atoms. The number of phenols is 1. The monoisotopic (exact) mass is 262 g/mol. The van der Waals surface area contributed by atoms with Gasteiger partial charge in [0.1, 0.15) is 5.75 Å². The predicted molar refractivity (Wildman–Crippen MR) is 75.0 cm³/mol. The fourth-order valence-electron chi connectivity index (χ4n) is 2.45. The second-order valence-electron chi connectivity index (χ2n) is 5.19. The summed E-state index contributed by atoms with van der Waals surface area (Å²) in [5.74, 6) is 0.978. The van der Waals surface area contributed by atoms with Crippen LogP contribution in [-0.4, -0.2) is 30.6 Å². The molecule has 0 aromatic heterocycles. The Kier molecular flexibility index (Phi) is 5.21.